The monoisotopic (exact) mass is 339 g/mol. The molecule has 3 rings (SSSR count). The lowest BCUT2D eigenvalue weighted by molar-refractivity contribution is -0.124. The minimum absolute atomic E-state index is 0.256. The van der Waals surface area contributed by atoms with Crippen molar-refractivity contribution in [2.24, 2.45) is 0 Å². The van der Waals surface area contributed by atoms with Gasteiger partial charge in [-0.25, -0.2) is 14.8 Å². The second-order valence-corrected chi connectivity index (χ2v) is 5.47. The summed E-state index contributed by atoms with van der Waals surface area (Å²) in [6.07, 6.45) is 2.24. The first-order valence-electron chi connectivity index (χ1n) is 7.85. The van der Waals surface area contributed by atoms with E-state index in [0.717, 1.165) is 5.56 Å². The molecular weight excluding hydrogens is 322 g/mol. The minimum atomic E-state index is -0.934. The number of nitrogens with zero attached hydrogens (tertiary/aromatic N) is 2. The standard InChI is InChI=1S/C18H17N3O4/c1-3-13(17(22)21-16-11(2)6-5-9-19-16)25-18(23)12-7-4-8-14-15(12)20-10-24-14/h4-10,13H,3H2,1-2H3,(H,19,21,22). The summed E-state index contributed by atoms with van der Waals surface area (Å²) in [6.45, 7) is 3.60. The van der Waals surface area contributed by atoms with Gasteiger partial charge in [0.2, 0.25) is 0 Å². The molecule has 25 heavy (non-hydrogen) atoms. The topological polar surface area (TPSA) is 94.3 Å². The summed E-state index contributed by atoms with van der Waals surface area (Å²) in [4.78, 5) is 33.0. The van der Waals surface area contributed by atoms with Crippen LogP contribution in [0.5, 0.6) is 0 Å². The number of aryl methyl sites for hydroxylation is 1. The highest BCUT2D eigenvalue weighted by Gasteiger charge is 2.24. The summed E-state index contributed by atoms with van der Waals surface area (Å²) >= 11 is 0. The summed E-state index contributed by atoms with van der Waals surface area (Å²) < 4.78 is 10.5. The highest BCUT2D eigenvalue weighted by molar-refractivity contribution is 6.03. The van der Waals surface area contributed by atoms with E-state index < -0.39 is 18.0 Å². The SMILES string of the molecule is CCC(OC(=O)c1cccc2ocnc12)C(=O)Nc1ncccc1C. The van der Waals surface area contributed by atoms with Crippen molar-refractivity contribution in [2.45, 2.75) is 26.4 Å². The number of hydrogen-bond donors (Lipinski definition) is 1. The molecule has 0 saturated heterocycles. The van der Waals surface area contributed by atoms with E-state index in [-0.39, 0.29) is 5.56 Å². The van der Waals surface area contributed by atoms with Crippen molar-refractivity contribution in [2.75, 3.05) is 5.32 Å². The van der Waals surface area contributed by atoms with E-state index in [0.29, 0.717) is 23.3 Å². The maximum Gasteiger partial charge on any atom is 0.341 e. The molecule has 0 spiro atoms. The minimum Gasteiger partial charge on any atom is -0.449 e. The van der Waals surface area contributed by atoms with E-state index in [1.165, 1.54) is 6.39 Å². The zero-order chi connectivity index (χ0) is 17.8. The van der Waals surface area contributed by atoms with Gasteiger partial charge in [-0.1, -0.05) is 19.1 Å². The predicted molar refractivity (Wildman–Crippen MR) is 91.1 cm³/mol. The van der Waals surface area contributed by atoms with Gasteiger partial charge >= 0.3 is 5.97 Å². The Morgan fingerprint density at radius 2 is 2.08 bits per heavy atom. The fraction of sp³-hybridized carbons (Fsp3) is 0.222. The van der Waals surface area contributed by atoms with Crippen LogP contribution in [-0.2, 0) is 9.53 Å². The van der Waals surface area contributed by atoms with E-state index >= 15 is 0 Å². The van der Waals surface area contributed by atoms with Gasteiger partial charge in [0.25, 0.3) is 5.91 Å². The first kappa shape index (κ1) is 16.6. The number of para-hydroxylation sites is 1. The Hall–Kier alpha value is -3.22. The summed E-state index contributed by atoms with van der Waals surface area (Å²) in [6, 6.07) is 8.57. The number of amides is 1. The second kappa shape index (κ2) is 7.12. The van der Waals surface area contributed by atoms with Crippen LogP contribution in [-0.4, -0.2) is 27.9 Å². The van der Waals surface area contributed by atoms with Crippen molar-refractivity contribution < 1.29 is 18.7 Å². The quantitative estimate of drug-likeness (QED) is 0.718. The van der Waals surface area contributed by atoms with Crippen molar-refractivity contribution in [1.29, 1.82) is 0 Å². The van der Waals surface area contributed by atoms with Crippen LogP contribution in [0.1, 0.15) is 29.3 Å². The van der Waals surface area contributed by atoms with Gasteiger partial charge in [-0.15, -0.1) is 0 Å². The van der Waals surface area contributed by atoms with Crippen molar-refractivity contribution in [3.05, 3.63) is 54.0 Å². The molecule has 0 aliphatic carbocycles. The van der Waals surface area contributed by atoms with Crippen molar-refractivity contribution in [3.63, 3.8) is 0 Å². The van der Waals surface area contributed by atoms with Gasteiger partial charge in [0.1, 0.15) is 11.3 Å². The van der Waals surface area contributed by atoms with Gasteiger partial charge in [0, 0.05) is 6.20 Å². The Labute approximate surface area is 144 Å². The van der Waals surface area contributed by atoms with Crippen LogP contribution in [0.15, 0.2) is 47.3 Å². The second-order valence-electron chi connectivity index (χ2n) is 5.47. The highest BCUT2D eigenvalue weighted by atomic mass is 16.5. The van der Waals surface area contributed by atoms with Gasteiger partial charge in [-0.05, 0) is 37.1 Å². The third-order valence-corrected chi connectivity index (χ3v) is 3.74. The number of esters is 1. The van der Waals surface area contributed by atoms with E-state index in [9.17, 15) is 9.59 Å². The van der Waals surface area contributed by atoms with E-state index in [1.807, 2.05) is 13.0 Å². The maximum atomic E-state index is 12.5. The number of carbonyl (C=O) groups is 2. The van der Waals surface area contributed by atoms with Crippen LogP contribution in [0.4, 0.5) is 5.82 Å². The van der Waals surface area contributed by atoms with Gasteiger partial charge in [-0.2, -0.15) is 0 Å². The number of pyridine rings is 1. The molecule has 3 aromatic rings. The lowest BCUT2D eigenvalue weighted by Crippen LogP contribution is -2.32. The molecule has 0 aliphatic heterocycles. The number of aromatic nitrogens is 2. The molecule has 7 nitrogen and oxygen atoms in total. The average molecular weight is 339 g/mol. The molecule has 128 valence electrons. The van der Waals surface area contributed by atoms with Crippen molar-refractivity contribution in [1.82, 2.24) is 9.97 Å². The van der Waals surface area contributed by atoms with Crippen LogP contribution in [0.3, 0.4) is 0 Å². The lowest BCUT2D eigenvalue weighted by Gasteiger charge is -2.16. The number of hydrogen-bond acceptors (Lipinski definition) is 6. The Morgan fingerprint density at radius 3 is 2.84 bits per heavy atom. The van der Waals surface area contributed by atoms with Crippen molar-refractivity contribution in [3.8, 4) is 0 Å². The zero-order valence-electron chi connectivity index (χ0n) is 13.9. The van der Waals surface area contributed by atoms with Gasteiger partial charge in [-0.3, -0.25) is 4.79 Å². The zero-order valence-corrected chi connectivity index (χ0v) is 13.9. The van der Waals surface area contributed by atoms with E-state index in [2.05, 4.69) is 15.3 Å². The molecule has 0 aliphatic rings. The van der Waals surface area contributed by atoms with Gasteiger partial charge in [0.05, 0.1) is 5.56 Å². The van der Waals surface area contributed by atoms with Crippen LogP contribution in [0, 0.1) is 6.92 Å². The molecule has 0 radical (unpaired) electrons. The summed E-state index contributed by atoms with van der Waals surface area (Å²) in [5.41, 5.74) is 1.97. The average Bonchev–Trinajstić information content (AvgIpc) is 3.10. The number of benzene rings is 1. The summed E-state index contributed by atoms with van der Waals surface area (Å²) in [7, 11) is 0. The van der Waals surface area contributed by atoms with Crippen LogP contribution in [0.2, 0.25) is 0 Å². The van der Waals surface area contributed by atoms with Crippen LogP contribution >= 0.6 is 0 Å². The Kier molecular flexibility index (Phi) is 4.74. The molecule has 1 unspecified atom stereocenters. The predicted octanol–water partition coefficient (Wildman–Crippen LogP) is 3.11. The normalized spacial score (nSPS) is 11.9. The molecule has 1 N–H and O–H groups in total. The molecule has 0 fully saturated rings. The molecule has 2 heterocycles. The first-order valence-corrected chi connectivity index (χ1v) is 7.85. The molecule has 1 aromatic carbocycles. The van der Waals surface area contributed by atoms with Crippen molar-refractivity contribution >= 4 is 28.8 Å². The first-order chi connectivity index (χ1) is 12.1. The Bertz CT molecular complexity index is 919. The Balaban J connectivity index is 1.75. The van der Waals surface area contributed by atoms with Crippen LogP contribution < -0.4 is 5.32 Å². The third kappa shape index (κ3) is 3.50. The number of carbonyl (C=O) groups excluding carboxylic acids is 2. The van der Waals surface area contributed by atoms with Gasteiger partial charge < -0.3 is 14.5 Å². The highest BCUT2D eigenvalue weighted by Crippen LogP contribution is 2.19. The molecule has 0 bridgehead atoms. The molecule has 0 saturated carbocycles. The maximum absolute atomic E-state index is 12.5. The summed E-state index contributed by atoms with van der Waals surface area (Å²) in [5, 5.41) is 2.69. The number of ether oxygens (including phenoxy) is 1. The van der Waals surface area contributed by atoms with Crippen LogP contribution in [0.25, 0.3) is 11.1 Å². The van der Waals surface area contributed by atoms with E-state index in [1.54, 1.807) is 37.4 Å². The summed E-state index contributed by atoms with van der Waals surface area (Å²) in [5.74, 6) is -0.607. The molecule has 2 aromatic heterocycles. The van der Waals surface area contributed by atoms with Gasteiger partial charge in [0.15, 0.2) is 18.1 Å². The van der Waals surface area contributed by atoms with E-state index in [4.69, 9.17) is 9.15 Å². The molecule has 7 heteroatoms. The number of anilines is 1. The fourth-order valence-corrected chi connectivity index (χ4v) is 2.38. The smallest absolute Gasteiger partial charge is 0.341 e. The molecular formula is C18H17N3O4. The number of rotatable bonds is 5. The molecule has 1 atom stereocenters. The Morgan fingerprint density at radius 1 is 1.24 bits per heavy atom. The number of oxazole rings is 1. The largest absolute Gasteiger partial charge is 0.449 e. The fourth-order valence-electron chi connectivity index (χ4n) is 2.38. The lowest BCUT2D eigenvalue weighted by atomic mass is 10.2. The number of nitrogens with one attached hydrogen (secondary N) is 1. The third-order valence-electron chi connectivity index (χ3n) is 3.74. The molecule has 1 amide bonds. The number of fused-ring (bicyclic) bond motifs is 1.